The Hall–Kier alpha value is -2.04. The Morgan fingerprint density at radius 2 is 2.18 bits per heavy atom. The second-order valence-corrected chi connectivity index (χ2v) is 4.19. The molecule has 5 nitrogen and oxygen atoms in total. The summed E-state index contributed by atoms with van der Waals surface area (Å²) in [5.41, 5.74) is 6.70. The van der Waals surface area contributed by atoms with Crippen molar-refractivity contribution in [3.8, 4) is 0 Å². The van der Waals surface area contributed by atoms with Gasteiger partial charge in [0.1, 0.15) is 0 Å². The average Bonchev–Trinajstić information content (AvgIpc) is 2.40. The third-order valence-corrected chi connectivity index (χ3v) is 2.83. The Bertz CT molecular complexity index is 459. The van der Waals surface area contributed by atoms with Crippen molar-refractivity contribution in [3.05, 3.63) is 24.3 Å². The van der Waals surface area contributed by atoms with E-state index in [2.05, 4.69) is 5.32 Å². The number of carbonyl (C=O) groups excluding carboxylic acids is 2. The fourth-order valence-electron chi connectivity index (χ4n) is 1.83. The van der Waals surface area contributed by atoms with E-state index in [0.717, 1.165) is 4.90 Å². The van der Waals surface area contributed by atoms with Gasteiger partial charge in [0.2, 0.25) is 5.91 Å². The number of hydrogen-bond donors (Lipinski definition) is 2. The van der Waals surface area contributed by atoms with Gasteiger partial charge in [0.15, 0.2) is 0 Å². The molecule has 1 aromatic carbocycles. The summed E-state index contributed by atoms with van der Waals surface area (Å²) in [6.07, 6.45) is 0.656. The topological polar surface area (TPSA) is 75.4 Å². The third-order valence-electron chi connectivity index (χ3n) is 2.83. The highest BCUT2D eigenvalue weighted by Gasteiger charge is 2.30. The molecule has 0 aliphatic carbocycles. The highest BCUT2D eigenvalue weighted by molar-refractivity contribution is 6.15. The van der Waals surface area contributed by atoms with Crippen molar-refractivity contribution in [1.82, 2.24) is 5.32 Å². The quantitative estimate of drug-likeness (QED) is 0.719. The van der Waals surface area contributed by atoms with Crippen LogP contribution in [0.1, 0.15) is 13.3 Å². The summed E-state index contributed by atoms with van der Waals surface area (Å²) in [4.78, 5) is 25.1. The Morgan fingerprint density at radius 1 is 1.41 bits per heavy atom. The van der Waals surface area contributed by atoms with Gasteiger partial charge in [-0.2, -0.15) is 0 Å². The normalized spacial score (nSPS) is 21.0. The standard InChI is InChI=1S/C12H15N3O2/c1-8-5-6-14-12(17)15(11(8)16)10-4-2-3-9(13)7-10/h2-4,7-8H,5-6,13H2,1H3,(H,14,17). The second kappa shape index (κ2) is 4.45. The van der Waals surface area contributed by atoms with Crippen molar-refractivity contribution >= 4 is 23.3 Å². The number of amides is 3. The first-order valence-electron chi connectivity index (χ1n) is 5.57. The van der Waals surface area contributed by atoms with Crippen LogP contribution in [0.15, 0.2) is 24.3 Å². The molecule has 2 rings (SSSR count). The van der Waals surface area contributed by atoms with Crippen LogP contribution >= 0.6 is 0 Å². The van der Waals surface area contributed by atoms with Crippen molar-refractivity contribution < 1.29 is 9.59 Å². The number of urea groups is 1. The van der Waals surface area contributed by atoms with E-state index in [4.69, 9.17) is 5.73 Å². The van der Waals surface area contributed by atoms with Gasteiger partial charge < -0.3 is 11.1 Å². The van der Waals surface area contributed by atoms with E-state index in [-0.39, 0.29) is 17.9 Å². The maximum absolute atomic E-state index is 12.1. The predicted molar refractivity (Wildman–Crippen MR) is 65.5 cm³/mol. The molecule has 0 saturated carbocycles. The molecule has 1 unspecified atom stereocenters. The molecule has 5 heteroatoms. The van der Waals surface area contributed by atoms with Crippen LogP contribution in [0.5, 0.6) is 0 Å². The fraction of sp³-hybridized carbons (Fsp3) is 0.333. The van der Waals surface area contributed by atoms with Crippen LogP contribution < -0.4 is 16.0 Å². The van der Waals surface area contributed by atoms with Crippen molar-refractivity contribution in [2.24, 2.45) is 5.92 Å². The molecule has 1 aliphatic heterocycles. The number of imide groups is 1. The van der Waals surface area contributed by atoms with Crippen molar-refractivity contribution in [3.63, 3.8) is 0 Å². The summed E-state index contributed by atoms with van der Waals surface area (Å²) in [7, 11) is 0. The zero-order valence-corrected chi connectivity index (χ0v) is 9.64. The minimum absolute atomic E-state index is 0.171. The van der Waals surface area contributed by atoms with E-state index in [0.29, 0.717) is 24.3 Å². The van der Waals surface area contributed by atoms with Gasteiger partial charge in [-0.05, 0) is 24.6 Å². The molecule has 1 fully saturated rings. The summed E-state index contributed by atoms with van der Waals surface area (Å²) >= 11 is 0. The molecule has 0 aromatic heterocycles. The Kier molecular flexibility index (Phi) is 2.99. The number of rotatable bonds is 1. The number of nitrogen functional groups attached to an aromatic ring is 1. The smallest absolute Gasteiger partial charge is 0.328 e. The summed E-state index contributed by atoms with van der Waals surface area (Å²) in [6, 6.07) is 6.37. The molecule has 1 heterocycles. The molecule has 0 spiro atoms. The van der Waals surface area contributed by atoms with Crippen LogP contribution in [0.4, 0.5) is 16.2 Å². The molecular weight excluding hydrogens is 218 g/mol. The van der Waals surface area contributed by atoms with E-state index in [9.17, 15) is 9.59 Å². The second-order valence-electron chi connectivity index (χ2n) is 4.19. The number of hydrogen-bond acceptors (Lipinski definition) is 3. The molecule has 3 amide bonds. The van der Waals surface area contributed by atoms with E-state index in [1.807, 2.05) is 6.92 Å². The van der Waals surface area contributed by atoms with E-state index >= 15 is 0 Å². The molecular formula is C12H15N3O2. The van der Waals surface area contributed by atoms with Crippen molar-refractivity contribution in [2.75, 3.05) is 17.2 Å². The van der Waals surface area contributed by atoms with E-state index < -0.39 is 0 Å². The van der Waals surface area contributed by atoms with Gasteiger partial charge in [0, 0.05) is 18.2 Å². The van der Waals surface area contributed by atoms with Crippen LogP contribution in [-0.2, 0) is 4.79 Å². The first kappa shape index (κ1) is 11.4. The highest BCUT2D eigenvalue weighted by Crippen LogP contribution is 2.22. The van der Waals surface area contributed by atoms with Crippen LogP contribution in [0, 0.1) is 5.92 Å². The highest BCUT2D eigenvalue weighted by atomic mass is 16.2. The lowest BCUT2D eigenvalue weighted by Crippen LogP contribution is -2.42. The zero-order chi connectivity index (χ0) is 12.4. The van der Waals surface area contributed by atoms with Gasteiger partial charge in [0.25, 0.3) is 0 Å². The molecule has 0 bridgehead atoms. The number of nitrogens with one attached hydrogen (secondary N) is 1. The van der Waals surface area contributed by atoms with Gasteiger partial charge in [-0.3, -0.25) is 4.79 Å². The fourth-order valence-corrected chi connectivity index (χ4v) is 1.83. The first-order chi connectivity index (χ1) is 8.09. The Labute approximate surface area is 99.6 Å². The SMILES string of the molecule is CC1CCNC(=O)N(c2cccc(N)c2)C1=O. The first-order valence-corrected chi connectivity index (χ1v) is 5.57. The van der Waals surface area contributed by atoms with Crippen molar-refractivity contribution in [2.45, 2.75) is 13.3 Å². The Morgan fingerprint density at radius 3 is 2.88 bits per heavy atom. The number of anilines is 2. The largest absolute Gasteiger partial charge is 0.399 e. The molecule has 1 saturated heterocycles. The van der Waals surface area contributed by atoms with Crippen LogP contribution in [0.25, 0.3) is 0 Å². The zero-order valence-electron chi connectivity index (χ0n) is 9.64. The van der Waals surface area contributed by atoms with Gasteiger partial charge in [-0.15, -0.1) is 0 Å². The van der Waals surface area contributed by atoms with Crippen molar-refractivity contribution in [1.29, 1.82) is 0 Å². The van der Waals surface area contributed by atoms with E-state index in [1.54, 1.807) is 24.3 Å². The van der Waals surface area contributed by atoms with Gasteiger partial charge >= 0.3 is 6.03 Å². The van der Waals surface area contributed by atoms with Gasteiger partial charge in [-0.25, -0.2) is 9.69 Å². The number of carbonyl (C=O) groups is 2. The van der Waals surface area contributed by atoms with Crippen LogP contribution in [-0.4, -0.2) is 18.5 Å². The minimum atomic E-state index is -0.384. The Balaban J connectivity index is 2.39. The maximum Gasteiger partial charge on any atom is 0.328 e. The minimum Gasteiger partial charge on any atom is -0.399 e. The molecule has 1 atom stereocenters. The molecule has 17 heavy (non-hydrogen) atoms. The molecule has 0 radical (unpaired) electrons. The predicted octanol–water partition coefficient (Wildman–Crippen LogP) is 1.35. The average molecular weight is 233 g/mol. The lowest BCUT2D eigenvalue weighted by Gasteiger charge is -2.20. The number of nitrogens with zero attached hydrogens (tertiary/aromatic N) is 1. The van der Waals surface area contributed by atoms with E-state index in [1.165, 1.54) is 0 Å². The summed E-state index contributed by atoms with van der Waals surface area (Å²) in [5.74, 6) is -0.360. The maximum atomic E-state index is 12.1. The third kappa shape index (κ3) is 2.22. The van der Waals surface area contributed by atoms with Crippen LogP contribution in [0.2, 0.25) is 0 Å². The number of nitrogens with two attached hydrogens (primary N) is 1. The molecule has 1 aliphatic rings. The summed E-state index contributed by atoms with van der Waals surface area (Å²) in [5, 5.41) is 2.70. The monoisotopic (exact) mass is 233 g/mol. The van der Waals surface area contributed by atoms with Gasteiger partial charge in [-0.1, -0.05) is 13.0 Å². The lowest BCUT2D eigenvalue weighted by molar-refractivity contribution is -0.121. The molecule has 3 N–H and O–H groups in total. The lowest BCUT2D eigenvalue weighted by atomic mass is 10.1. The van der Waals surface area contributed by atoms with Gasteiger partial charge in [0.05, 0.1) is 5.69 Å². The molecule has 1 aromatic rings. The summed E-state index contributed by atoms with van der Waals surface area (Å²) in [6.45, 7) is 2.34. The molecule has 90 valence electrons. The summed E-state index contributed by atoms with van der Waals surface area (Å²) < 4.78 is 0. The van der Waals surface area contributed by atoms with Crippen LogP contribution in [0.3, 0.4) is 0 Å². The number of benzene rings is 1.